The first-order valence-electron chi connectivity index (χ1n) is 6.37. The first-order valence-corrected chi connectivity index (χ1v) is 7.85. The first-order chi connectivity index (χ1) is 9.88. The van der Waals surface area contributed by atoms with Crippen LogP contribution in [0, 0.1) is 6.92 Å². The molecule has 0 aliphatic heterocycles. The van der Waals surface area contributed by atoms with Crippen molar-refractivity contribution in [2.24, 2.45) is 5.10 Å². The average molecular weight is 303 g/mol. The van der Waals surface area contributed by atoms with E-state index in [0.29, 0.717) is 11.4 Å². The largest absolute Gasteiger partial charge is 0.399 e. The number of hydrazone groups is 1. The molecule has 2 aromatic rings. The smallest absolute Gasteiger partial charge is 0.276 e. The number of nitrogen functional groups attached to an aromatic ring is 1. The van der Waals surface area contributed by atoms with E-state index in [0.717, 1.165) is 11.1 Å². The number of hydrogen-bond acceptors (Lipinski definition) is 4. The molecule has 2 aromatic carbocycles. The van der Waals surface area contributed by atoms with Gasteiger partial charge in [-0.3, -0.25) is 0 Å². The van der Waals surface area contributed by atoms with Crippen LogP contribution >= 0.6 is 0 Å². The molecule has 0 fully saturated rings. The van der Waals surface area contributed by atoms with Gasteiger partial charge in [-0.25, -0.2) is 0 Å². The van der Waals surface area contributed by atoms with Gasteiger partial charge >= 0.3 is 0 Å². The summed E-state index contributed by atoms with van der Waals surface area (Å²) in [6, 6.07) is 13.7. The summed E-state index contributed by atoms with van der Waals surface area (Å²) in [5, 5.41) is 3.93. The van der Waals surface area contributed by atoms with Crippen LogP contribution in [0.15, 0.2) is 58.5 Å². The lowest BCUT2D eigenvalue weighted by atomic mass is 10.1. The quantitative estimate of drug-likeness (QED) is 0.516. The predicted molar refractivity (Wildman–Crippen MR) is 84.6 cm³/mol. The van der Waals surface area contributed by atoms with E-state index < -0.39 is 10.0 Å². The predicted octanol–water partition coefficient (Wildman–Crippen LogP) is 2.28. The van der Waals surface area contributed by atoms with E-state index in [-0.39, 0.29) is 4.90 Å². The van der Waals surface area contributed by atoms with Crippen molar-refractivity contribution in [3.05, 3.63) is 59.7 Å². The summed E-state index contributed by atoms with van der Waals surface area (Å²) in [5.41, 5.74) is 8.59. The third-order valence-electron chi connectivity index (χ3n) is 2.97. The molecule has 0 saturated carbocycles. The molecule has 110 valence electrons. The first kappa shape index (κ1) is 15.1. The highest BCUT2D eigenvalue weighted by molar-refractivity contribution is 7.89. The van der Waals surface area contributed by atoms with Crippen LogP contribution in [0.25, 0.3) is 0 Å². The number of nitrogens with two attached hydrogens (primary N) is 1. The van der Waals surface area contributed by atoms with Gasteiger partial charge < -0.3 is 5.73 Å². The molecule has 0 aromatic heterocycles. The molecule has 0 saturated heterocycles. The van der Waals surface area contributed by atoms with E-state index in [1.807, 2.05) is 13.0 Å². The number of sulfonamides is 1. The molecule has 6 heteroatoms. The monoisotopic (exact) mass is 303 g/mol. The normalized spacial score (nSPS) is 12.2. The van der Waals surface area contributed by atoms with E-state index in [9.17, 15) is 8.42 Å². The van der Waals surface area contributed by atoms with Crippen molar-refractivity contribution in [3.63, 3.8) is 0 Å². The minimum Gasteiger partial charge on any atom is -0.399 e. The second-order valence-electron chi connectivity index (χ2n) is 4.73. The van der Waals surface area contributed by atoms with Gasteiger partial charge in [0.25, 0.3) is 10.0 Å². The number of benzene rings is 2. The Morgan fingerprint density at radius 2 is 1.81 bits per heavy atom. The van der Waals surface area contributed by atoms with Gasteiger partial charge in [-0.05, 0) is 43.7 Å². The fourth-order valence-electron chi connectivity index (χ4n) is 1.73. The summed E-state index contributed by atoms with van der Waals surface area (Å²) < 4.78 is 24.2. The lowest BCUT2D eigenvalue weighted by Crippen LogP contribution is -2.20. The van der Waals surface area contributed by atoms with Crippen LogP contribution in [-0.2, 0) is 10.0 Å². The Labute approximate surface area is 124 Å². The van der Waals surface area contributed by atoms with Crippen LogP contribution < -0.4 is 10.6 Å². The van der Waals surface area contributed by atoms with Crippen molar-refractivity contribution in [2.75, 3.05) is 5.73 Å². The lowest BCUT2D eigenvalue weighted by molar-refractivity contribution is 0.584. The van der Waals surface area contributed by atoms with Crippen LogP contribution in [0.1, 0.15) is 18.1 Å². The molecule has 0 amide bonds. The summed E-state index contributed by atoms with van der Waals surface area (Å²) in [6.07, 6.45) is 0. The number of nitrogens with zero attached hydrogens (tertiary/aromatic N) is 1. The van der Waals surface area contributed by atoms with Crippen LogP contribution in [-0.4, -0.2) is 14.1 Å². The fourth-order valence-corrected chi connectivity index (χ4v) is 2.58. The zero-order valence-corrected chi connectivity index (χ0v) is 12.7. The maximum Gasteiger partial charge on any atom is 0.276 e. The molecular weight excluding hydrogens is 286 g/mol. The Balaban J connectivity index is 2.21. The highest BCUT2D eigenvalue weighted by Crippen LogP contribution is 2.11. The number of anilines is 1. The molecule has 0 atom stereocenters. The zero-order valence-electron chi connectivity index (χ0n) is 11.9. The number of aryl methyl sites for hydroxylation is 1. The van der Waals surface area contributed by atoms with Crippen molar-refractivity contribution in [1.29, 1.82) is 0 Å². The molecule has 0 unspecified atom stereocenters. The Kier molecular flexibility index (Phi) is 4.28. The molecule has 3 N–H and O–H groups in total. The Hall–Kier alpha value is -2.34. The van der Waals surface area contributed by atoms with Gasteiger partial charge in [0, 0.05) is 5.69 Å². The maximum absolute atomic E-state index is 12.1. The number of nitrogens with one attached hydrogen (secondary N) is 1. The maximum atomic E-state index is 12.1. The van der Waals surface area contributed by atoms with Gasteiger partial charge in [-0.15, -0.1) is 0 Å². The summed E-state index contributed by atoms with van der Waals surface area (Å²) in [6.45, 7) is 3.61. The number of hydrogen-bond donors (Lipinski definition) is 2. The molecule has 0 heterocycles. The van der Waals surface area contributed by atoms with Crippen molar-refractivity contribution in [2.45, 2.75) is 18.7 Å². The van der Waals surface area contributed by atoms with Crippen LogP contribution in [0.3, 0.4) is 0 Å². The van der Waals surface area contributed by atoms with Gasteiger partial charge in [-0.2, -0.15) is 18.4 Å². The van der Waals surface area contributed by atoms with E-state index in [2.05, 4.69) is 9.93 Å². The fraction of sp³-hybridized carbons (Fsp3) is 0.133. The molecule has 0 bridgehead atoms. The molecule has 0 radical (unpaired) electrons. The van der Waals surface area contributed by atoms with Crippen molar-refractivity contribution >= 4 is 21.4 Å². The molecule has 21 heavy (non-hydrogen) atoms. The lowest BCUT2D eigenvalue weighted by Gasteiger charge is -2.06. The van der Waals surface area contributed by atoms with Crippen molar-refractivity contribution in [1.82, 2.24) is 4.83 Å². The SMILES string of the molecule is C/C(=N/NS(=O)(=O)c1ccc(C)cc1)c1cccc(N)c1. The summed E-state index contributed by atoms with van der Waals surface area (Å²) in [5.74, 6) is 0. The minimum atomic E-state index is -3.66. The average Bonchev–Trinajstić information content (AvgIpc) is 2.45. The topological polar surface area (TPSA) is 84.5 Å². The number of rotatable bonds is 4. The second kappa shape index (κ2) is 5.97. The molecule has 0 aliphatic carbocycles. The van der Waals surface area contributed by atoms with Crippen LogP contribution in [0.5, 0.6) is 0 Å². The minimum absolute atomic E-state index is 0.178. The van der Waals surface area contributed by atoms with Gasteiger partial charge in [0.05, 0.1) is 10.6 Å². The highest BCUT2D eigenvalue weighted by atomic mass is 32.2. The third-order valence-corrected chi connectivity index (χ3v) is 4.19. The molecule has 5 nitrogen and oxygen atoms in total. The van der Waals surface area contributed by atoms with E-state index in [1.54, 1.807) is 49.4 Å². The van der Waals surface area contributed by atoms with Crippen LogP contribution in [0.4, 0.5) is 5.69 Å². The zero-order chi connectivity index (χ0) is 15.5. The summed E-state index contributed by atoms with van der Waals surface area (Å²) in [4.78, 5) is 2.41. The van der Waals surface area contributed by atoms with Crippen molar-refractivity contribution in [3.8, 4) is 0 Å². The molecule has 0 spiro atoms. The van der Waals surface area contributed by atoms with Gasteiger partial charge in [0.15, 0.2) is 0 Å². The molecule has 2 rings (SSSR count). The Morgan fingerprint density at radius 1 is 1.14 bits per heavy atom. The van der Waals surface area contributed by atoms with E-state index in [4.69, 9.17) is 5.73 Å². The van der Waals surface area contributed by atoms with Gasteiger partial charge in [-0.1, -0.05) is 29.8 Å². The molecule has 0 aliphatic rings. The Morgan fingerprint density at radius 3 is 2.43 bits per heavy atom. The van der Waals surface area contributed by atoms with Gasteiger partial charge in [0.1, 0.15) is 0 Å². The standard InChI is InChI=1S/C15H17N3O2S/c1-11-6-8-15(9-7-11)21(19,20)18-17-12(2)13-4-3-5-14(16)10-13/h3-10,18H,16H2,1-2H3/b17-12-. The van der Waals surface area contributed by atoms with Crippen molar-refractivity contribution < 1.29 is 8.42 Å². The molecular formula is C15H17N3O2S. The van der Waals surface area contributed by atoms with E-state index >= 15 is 0 Å². The summed E-state index contributed by atoms with van der Waals surface area (Å²) >= 11 is 0. The second-order valence-corrected chi connectivity index (χ2v) is 6.39. The van der Waals surface area contributed by atoms with Gasteiger partial charge in [0.2, 0.25) is 0 Å². The van der Waals surface area contributed by atoms with Crippen LogP contribution in [0.2, 0.25) is 0 Å². The highest BCUT2D eigenvalue weighted by Gasteiger charge is 2.12. The third kappa shape index (κ3) is 3.82. The van der Waals surface area contributed by atoms with E-state index in [1.165, 1.54) is 0 Å². The Bertz CT molecular complexity index is 766. The summed E-state index contributed by atoms with van der Waals surface area (Å²) in [7, 11) is -3.66.